The van der Waals surface area contributed by atoms with Crippen LogP contribution >= 0.6 is 0 Å². The smallest absolute Gasteiger partial charge is 0.319 e. The number of aryl methyl sites for hydroxylation is 1. The van der Waals surface area contributed by atoms with Crippen LogP contribution in [0.4, 0.5) is 24.8 Å². The summed E-state index contributed by atoms with van der Waals surface area (Å²) in [4.78, 5) is 21.8. The van der Waals surface area contributed by atoms with Gasteiger partial charge in [-0.1, -0.05) is 0 Å². The average Bonchev–Trinajstić information content (AvgIpc) is 3.42. The number of hydrogen-bond donors (Lipinski definition) is 2. The Morgan fingerprint density at radius 2 is 2.05 bits per heavy atom. The molecule has 3 saturated heterocycles. The number of pyridine rings is 2. The molecule has 0 aliphatic carbocycles. The van der Waals surface area contributed by atoms with E-state index in [1.54, 1.807) is 6.92 Å². The lowest BCUT2D eigenvalue weighted by Crippen LogP contribution is -2.56. The van der Waals surface area contributed by atoms with E-state index in [1.165, 1.54) is 6.07 Å². The molecule has 4 aliphatic heterocycles. The number of nitrogens with two attached hydrogens (primary N) is 1. The molecule has 0 aromatic carbocycles. The summed E-state index contributed by atoms with van der Waals surface area (Å²) in [5.41, 5.74) is 5.25. The van der Waals surface area contributed by atoms with Crippen molar-refractivity contribution in [2.75, 3.05) is 50.0 Å². The molecule has 0 spiro atoms. The molecule has 7 heterocycles. The van der Waals surface area contributed by atoms with Crippen LogP contribution in [0.2, 0.25) is 0 Å². The van der Waals surface area contributed by atoms with Crippen LogP contribution in [0, 0.1) is 18.6 Å². The van der Waals surface area contributed by atoms with Crippen LogP contribution in [0.25, 0.3) is 22.2 Å². The molecule has 3 fully saturated rings. The molecule has 3 aromatic heterocycles. The van der Waals surface area contributed by atoms with Gasteiger partial charge >= 0.3 is 6.01 Å². The van der Waals surface area contributed by atoms with Gasteiger partial charge in [-0.05, 0) is 39.3 Å². The highest BCUT2D eigenvalue weighted by Crippen LogP contribution is 2.43. The summed E-state index contributed by atoms with van der Waals surface area (Å²) in [7, 11) is 0. The van der Waals surface area contributed by atoms with Crippen molar-refractivity contribution < 1.29 is 22.6 Å². The topological polar surface area (TPSA) is 115 Å². The quantitative estimate of drug-likeness (QED) is 0.497. The summed E-state index contributed by atoms with van der Waals surface area (Å²) in [6.45, 7) is 6.87. The fraction of sp³-hybridized carbons (Fsp3) is 0.556. The molecule has 0 saturated carbocycles. The lowest BCUT2D eigenvalue weighted by atomic mass is 9.95. The van der Waals surface area contributed by atoms with Crippen molar-refractivity contribution in [3.05, 3.63) is 23.4 Å². The zero-order valence-corrected chi connectivity index (χ0v) is 22.4. The summed E-state index contributed by atoms with van der Waals surface area (Å²) < 4.78 is 58.3. The minimum absolute atomic E-state index is 0.0224. The third-order valence-corrected chi connectivity index (χ3v) is 8.70. The maximum atomic E-state index is 16.4. The van der Waals surface area contributed by atoms with Crippen LogP contribution in [0.1, 0.15) is 31.9 Å². The molecule has 0 bridgehead atoms. The summed E-state index contributed by atoms with van der Waals surface area (Å²) >= 11 is 0. The van der Waals surface area contributed by atoms with Gasteiger partial charge in [0, 0.05) is 43.9 Å². The molecule has 7 rings (SSSR count). The van der Waals surface area contributed by atoms with E-state index < -0.39 is 23.3 Å². The zero-order chi connectivity index (χ0) is 27.8. The number of alkyl halides is 1. The SMILES string of the molecule is Cc1cc(-c2nc3c4c(nc(OC[C@@]56CCCN5C[C@H](F)C6)nc4c2F)N2CCNC[C@H]2[C@H](C)O3)c(F)c(N)n1. The molecule has 13 heteroatoms. The van der Waals surface area contributed by atoms with Gasteiger partial charge in [-0.3, -0.25) is 4.90 Å². The number of nitrogen functional groups attached to an aromatic ring is 1. The maximum Gasteiger partial charge on any atom is 0.319 e. The van der Waals surface area contributed by atoms with Crippen LogP contribution in [0.5, 0.6) is 11.9 Å². The van der Waals surface area contributed by atoms with Gasteiger partial charge in [0.05, 0.1) is 11.6 Å². The van der Waals surface area contributed by atoms with Crippen LogP contribution in [0.15, 0.2) is 6.07 Å². The van der Waals surface area contributed by atoms with Gasteiger partial charge in [0.2, 0.25) is 5.88 Å². The van der Waals surface area contributed by atoms with Crippen molar-refractivity contribution in [3.63, 3.8) is 0 Å². The minimum atomic E-state index is -0.911. The first kappa shape index (κ1) is 25.5. The minimum Gasteiger partial charge on any atom is -0.472 e. The van der Waals surface area contributed by atoms with Gasteiger partial charge in [-0.2, -0.15) is 9.97 Å². The number of nitrogens with one attached hydrogen (secondary N) is 1. The first-order chi connectivity index (χ1) is 19.2. The van der Waals surface area contributed by atoms with E-state index in [9.17, 15) is 4.39 Å². The predicted molar refractivity (Wildman–Crippen MR) is 142 cm³/mol. The van der Waals surface area contributed by atoms with Crippen molar-refractivity contribution in [1.29, 1.82) is 0 Å². The van der Waals surface area contributed by atoms with Crippen molar-refractivity contribution >= 4 is 22.5 Å². The highest BCUT2D eigenvalue weighted by atomic mass is 19.1. The van der Waals surface area contributed by atoms with Gasteiger partial charge in [0.1, 0.15) is 41.3 Å². The molecule has 3 N–H and O–H groups in total. The van der Waals surface area contributed by atoms with Crippen LogP contribution in [-0.2, 0) is 0 Å². The van der Waals surface area contributed by atoms with Gasteiger partial charge in [-0.15, -0.1) is 0 Å². The second kappa shape index (κ2) is 9.30. The van der Waals surface area contributed by atoms with E-state index in [0.717, 1.165) is 19.4 Å². The Balaban J connectivity index is 1.40. The monoisotopic (exact) mass is 556 g/mol. The highest BCUT2D eigenvalue weighted by Gasteiger charge is 2.49. The first-order valence-corrected chi connectivity index (χ1v) is 13.7. The van der Waals surface area contributed by atoms with E-state index in [2.05, 4.69) is 30.1 Å². The van der Waals surface area contributed by atoms with Crippen LogP contribution in [0.3, 0.4) is 0 Å². The molecule has 40 heavy (non-hydrogen) atoms. The number of hydrogen-bond acceptors (Lipinski definition) is 10. The maximum absolute atomic E-state index is 16.4. The molecule has 4 atom stereocenters. The van der Waals surface area contributed by atoms with Crippen molar-refractivity contribution in [2.24, 2.45) is 0 Å². The second-order valence-corrected chi connectivity index (χ2v) is 11.3. The third-order valence-electron chi connectivity index (χ3n) is 8.70. The summed E-state index contributed by atoms with van der Waals surface area (Å²) in [6, 6.07) is 1.25. The second-order valence-electron chi connectivity index (χ2n) is 11.3. The summed E-state index contributed by atoms with van der Waals surface area (Å²) in [5.74, 6) is -1.51. The Labute approximate surface area is 229 Å². The number of halogens is 3. The van der Waals surface area contributed by atoms with E-state index in [-0.39, 0.29) is 53.2 Å². The molecule has 212 valence electrons. The number of piperazine rings is 1. The first-order valence-electron chi connectivity index (χ1n) is 13.7. The van der Waals surface area contributed by atoms with Gasteiger partial charge in [0.25, 0.3) is 0 Å². The fourth-order valence-corrected chi connectivity index (χ4v) is 6.80. The average molecular weight is 557 g/mol. The number of aromatic nitrogens is 4. The van der Waals surface area contributed by atoms with E-state index in [4.69, 9.17) is 20.2 Å². The van der Waals surface area contributed by atoms with Crippen LogP contribution in [-0.4, -0.2) is 88.0 Å². The van der Waals surface area contributed by atoms with Gasteiger partial charge in [0.15, 0.2) is 17.5 Å². The van der Waals surface area contributed by atoms with E-state index >= 15 is 8.78 Å². The molecular weight excluding hydrogens is 525 g/mol. The predicted octanol–water partition coefficient (Wildman–Crippen LogP) is 2.77. The molecule has 4 aliphatic rings. The summed E-state index contributed by atoms with van der Waals surface area (Å²) in [6.07, 6.45) is 0.901. The Bertz CT molecular complexity index is 1510. The number of rotatable bonds is 4. The van der Waals surface area contributed by atoms with Crippen molar-refractivity contribution in [2.45, 2.75) is 57.0 Å². The largest absolute Gasteiger partial charge is 0.472 e. The lowest BCUT2D eigenvalue weighted by molar-refractivity contribution is 0.107. The molecule has 0 unspecified atom stereocenters. The summed E-state index contributed by atoms with van der Waals surface area (Å²) in [5, 5.41) is 3.67. The normalized spacial score (nSPS) is 27.8. The zero-order valence-electron chi connectivity index (χ0n) is 22.4. The molecular formula is C27H31F3N8O2. The standard InChI is InChI=1S/C27H31F3N8O2/c1-13-8-16(19(29)23(31)33-13)21-20(30)22-18-24(38-7-5-32-10-17(38)14(2)40-25(18)34-21)36-26(35-22)39-12-27-4-3-6-37(27)11-15(28)9-27/h8,14-15,17,32H,3-7,9-12H2,1-2H3,(H2,31,33)/t14-,15+,17-,27-/m0/s1. The lowest BCUT2D eigenvalue weighted by Gasteiger charge is -2.38. The molecule has 0 radical (unpaired) electrons. The Hall–Kier alpha value is -3.45. The molecule has 3 aromatic rings. The third kappa shape index (κ3) is 3.92. The number of ether oxygens (including phenoxy) is 2. The van der Waals surface area contributed by atoms with E-state index in [1.807, 2.05) is 6.92 Å². The Morgan fingerprint density at radius 1 is 1.20 bits per heavy atom. The Kier molecular flexibility index (Phi) is 5.93. The number of nitrogens with zero attached hydrogens (tertiary/aromatic N) is 6. The molecule has 0 amide bonds. The number of fused-ring (bicyclic) bond motifs is 3. The van der Waals surface area contributed by atoms with Crippen molar-refractivity contribution in [3.8, 4) is 23.1 Å². The number of anilines is 2. The highest BCUT2D eigenvalue weighted by molar-refractivity contribution is 5.97. The molecule has 10 nitrogen and oxygen atoms in total. The Morgan fingerprint density at radius 3 is 2.90 bits per heavy atom. The van der Waals surface area contributed by atoms with Crippen molar-refractivity contribution in [1.82, 2.24) is 30.2 Å². The van der Waals surface area contributed by atoms with E-state index in [0.29, 0.717) is 49.5 Å². The van der Waals surface area contributed by atoms with Crippen LogP contribution < -0.4 is 25.4 Å². The fourth-order valence-electron chi connectivity index (χ4n) is 6.80. The van der Waals surface area contributed by atoms with Gasteiger partial charge in [-0.25, -0.2) is 23.1 Å². The van der Waals surface area contributed by atoms with Gasteiger partial charge < -0.3 is 25.4 Å².